The van der Waals surface area contributed by atoms with Gasteiger partial charge >= 0.3 is 21.1 Å². The fraction of sp³-hybridized carbons (Fsp3) is 0. The van der Waals surface area contributed by atoms with Gasteiger partial charge in [0.2, 0.25) is 0 Å². The molecule has 0 unspecified atom stereocenters. The predicted octanol–water partition coefficient (Wildman–Crippen LogP) is -5.65. The Morgan fingerprint density at radius 2 is 0.667 bits per heavy atom. The third-order valence-corrected chi connectivity index (χ3v) is 0. The molecule has 0 aromatic heterocycles. The number of phosphoric acid groups is 2. The van der Waals surface area contributed by atoms with Gasteiger partial charge in [-0.1, -0.05) is 0 Å². The third-order valence-electron chi connectivity index (χ3n) is 0. The minimum absolute atomic E-state index is 0. The minimum Gasteiger partial charge on any atom is -0.822 e. The SMILES string of the molecule is O=P([O-])([O-])[O-].O=P([O-])([O-])[O-].[Mo+6].[Ni]. The first kappa shape index (κ1) is 23.3. The van der Waals surface area contributed by atoms with Gasteiger partial charge in [0.25, 0.3) is 0 Å². The molecule has 0 amide bonds. The summed E-state index contributed by atoms with van der Waals surface area (Å²) in [6.45, 7) is 0. The summed E-state index contributed by atoms with van der Waals surface area (Å²) in [4.78, 5) is 51.3. The molecule has 0 aliphatic carbocycles. The van der Waals surface area contributed by atoms with Crippen LogP contribution in [0, 0.1) is 0 Å². The fourth-order valence-electron chi connectivity index (χ4n) is 0. The fourth-order valence-corrected chi connectivity index (χ4v) is 0. The van der Waals surface area contributed by atoms with Gasteiger partial charge in [-0.05, 0) is 0 Å². The largest absolute Gasteiger partial charge is 6.00 e. The topological polar surface area (TPSA) is 172 Å². The molecule has 0 atom stereocenters. The second-order valence-electron chi connectivity index (χ2n) is 0.894. The summed E-state index contributed by atoms with van der Waals surface area (Å²) >= 11 is 0. The second kappa shape index (κ2) is 8.98. The van der Waals surface area contributed by atoms with Crippen LogP contribution in [0.3, 0.4) is 0 Å². The molecule has 8 nitrogen and oxygen atoms in total. The van der Waals surface area contributed by atoms with Crippen molar-refractivity contribution in [3.63, 3.8) is 0 Å². The van der Waals surface area contributed by atoms with Crippen LogP contribution in [-0.4, -0.2) is 0 Å². The van der Waals surface area contributed by atoms with Crippen molar-refractivity contribution in [1.29, 1.82) is 0 Å². The maximum atomic E-state index is 8.55. The van der Waals surface area contributed by atoms with Crippen LogP contribution in [0.15, 0.2) is 0 Å². The summed E-state index contributed by atoms with van der Waals surface area (Å²) in [5.41, 5.74) is 0. The molecule has 74 valence electrons. The molecular formula is MoNiO8P2. The average molecular weight is 345 g/mol. The van der Waals surface area contributed by atoms with Crippen LogP contribution in [-0.2, 0) is 46.7 Å². The van der Waals surface area contributed by atoms with E-state index in [9.17, 15) is 0 Å². The first-order valence-corrected chi connectivity index (χ1v) is 4.38. The quantitative estimate of drug-likeness (QED) is 0.309. The van der Waals surface area contributed by atoms with Crippen LogP contribution in [0.1, 0.15) is 0 Å². The van der Waals surface area contributed by atoms with Gasteiger partial charge in [-0.3, -0.25) is 0 Å². The van der Waals surface area contributed by atoms with E-state index in [1.54, 1.807) is 0 Å². The predicted molar refractivity (Wildman–Crippen MR) is 15.2 cm³/mol. The summed E-state index contributed by atoms with van der Waals surface area (Å²) in [5, 5.41) is 0. The van der Waals surface area contributed by atoms with Crippen LogP contribution in [0.5, 0.6) is 0 Å². The maximum absolute atomic E-state index is 8.55. The van der Waals surface area contributed by atoms with Crippen LogP contribution < -0.4 is 29.4 Å². The molecule has 0 saturated carbocycles. The van der Waals surface area contributed by atoms with E-state index in [0.717, 1.165) is 0 Å². The molecule has 0 radical (unpaired) electrons. The Balaban J connectivity index is -0.0000000457. The first-order chi connectivity index (χ1) is 4.00. The molecule has 0 aromatic rings. The monoisotopic (exact) mass is 346 g/mol. The standard InChI is InChI=1S/Mo.Ni.2H3O4P/c;;2*1-5(2,3)4/h;;2*(H3,1,2,3,4)/q+6;;;/p-6. The average Bonchev–Trinajstić information content (AvgIpc) is 1.12. The van der Waals surface area contributed by atoms with Gasteiger partial charge in [0.1, 0.15) is 0 Å². The van der Waals surface area contributed by atoms with E-state index in [1.165, 1.54) is 0 Å². The van der Waals surface area contributed by atoms with Gasteiger partial charge in [0, 0.05) is 16.5 Å². The van der Waals surface area contributed by atoms with E-state index in [-0.39, 0.29) is 37.6 Å². The molecule has 0 aromatic carbocycles. The van der Waals surface area contributed by atoms with E-state index >= 15 is 0 Å². The van der Waals surface area contributed by atoms with Crippen LogP contribution in [0.4, 0.5) is 0 Å². The van der Waals surface area contributed by atoms with Gasteiger partial charge in [0.15, 0.2) is 0 Å². The molecule has 0 N–H and O–H groups in total. The number of hydrogen-bond acceptors (Lipinski definition) is 8. The van der Waals surface area contributed by atoms with Crippen molar-refractivity contribution in [3.05, 3.63) is 0 Å². The zero-order valence-electron chi connectivity index (χ0n) is 4.88. The Kier molecular flexibility index (Phi) is 17.4. The van der Waals surface area contributed by atoms with Crippen LogP contribution in [0.25, 0.3) is 0 Å². The van der Waals surface area contributed by atoms with Crippen molar-refractivity contribution in [2.45, 2.75) is 0 Å². The van der Waals surface area contributed by atoms with Gasteiger partial charge in [-0.2, -0.15) is 15.6 Å². The molecule has 0 spiro atoms. The Hall–Kier alpha value is 1.40. The van der Waals surface area contributed by atoms with Crippen molar-refractivity contribution in [2.75, 3.05) is 0 Å². The van der Waals surface area contributed by atoms with Crippen molar-refractivity contribution >= 4 is 15.6 Å². The van der Waals surface area contributed by atoms with E-state index in [0.29, 0.717) is 0 Å². The van der Waals surface area contributed by atoms with Crippen molar-refractivity contribution in [3.8, 4) is 0 Å². The summed E-state index contributed by atoms with van der Waals surface area (Å²) in [6.07, 6.45) is 0. The van der Waals surface area contributed by atoms with Gasteiger partial charge < -0.3 is 38.5 Å². The van der Waals surface area contributed by atoms with Crippen LogP contribution >= 0.6 is 15.6 Å². The molecule has 0 heterocycles. The molecule has 0 saturated heterocycles. The molecular weight excluding hydrogens is 345 g/mol. The zero-order chi connectivity index (χ0) is 9.00. The normalized spacial score (nSPS) is 9.83. The first-order valence-electron chi connectivity index (χ1n) is 1.46. The Labute approximate surface area is 91.7 Å². The van der Waals surface area contributed by atoms with Gasteiger partial charge in [-0.25, -0.2) is 0 Å². The Morgan fingerprint density at radius 1 is 0.667 bits per heavy atom. The number of rotatable bonds is 0. The summed E-state index contributed by atoms with van der Waals surface area (Å²) < 4.78 is 17.1. The molecule has 0 fully saturated rings. The van der Waals surface area contributed by atoms with E-state index in [1.807, 2.05) is 0 Å². The third kappa shape index (κ3) is 628. The van der Waals surface area contributed by atoms with Crippen molar-refractivity contribution in [2.24, 2.45) is 0 Å². The number of hydrogen-bond donors (Lipinski definition) is 0. The smallest absolute Gasteiger partial charge is 0.822 e. The summed E-state index contributed by atoms with van der Waals surface area (Å²) in [5.74, 6) is 0. The van der Waals surface area contributed by atoms with Crippen LogP contribution in [0.2, 0.25) is 0 Å². The molecule has 0 aliphatic heterocycles. The molecule has 0 aliphatic rings. The molecule has 0 rings (SSSR count). The maximum Gasteiger partial charge on any atom is 6.00 e. The summed E-state index contributed by atoms with van der Waals surface area (Å²) in [7, 11) is -10.8. The van der Waals surface area contributed by atoms with Crippen molar-refractivity contribution in [1.82, 2.24) is 0 Å². The Morgan fingerprint density at radius 3 is 0.667 bits per heavy atom. The van der Waals surface area contributed by atoms with Gasteiger partial charge in [-0.15, -0.1) is 0 Å². The van der Waals surface area contributed by atoms with E-state index in [2.05, 4.69) is 0 Å². The van der Waals surface area contributed by atoms with Crippen molar-refractivity contribution < 1.29 is 76.0 Å². The molecule has 12 heteroatoms. The van der Waals surface area contributed by atoms with Gasteiger partial charge in [0.05, 0.1) is 0 Å². The van der Waals surface area contributed by atoms with E-state index < -0.39 is 15.6 Å². The second-order valence-corrected chi connectivity index (χ2v) is 2.68. The Bertz CT molecular complexity index is 129. The zero-order valence-corrected chi connectivity index (χ0v) is 9.67. The molecule has 0 bridgehead atoms. The van der Waals surface area contributed by atoms with E-state index in [4.69, 9.17) is 38.5 Å². The summed E-state index contributed by atoms with van der Waals surface area (Å²) in [6, 6.07) is 0. The minimum atomic E-state index is -5.39. The molecule has 12 heavy (non-hydrogen) atoms.